The number of rotatable bonds is 4. The molecule has 18 heavy (non-hydrogen) atoms. The third kappa shape index (κ3) is 2.38. The van der Waals surface area contributed by atoms with E-state index in [4.69, 9.17) is 10.5 Å². The van der Waals surface area contributed by atoms with Crippen molar-refractivity contribution in [2.45, 2.75) is 19.9 Å². The monoisotopic (exact) mass is 245 g/mol. The molecule has 4 heteroatoms. The fourth-order valence-electron chi connectivity index (χ4n) is 2.11. The molecule has 1 heterocycles. The zero-order valence-electron chi connectivity index (χ0n) is 11.1. The summed E-state index contributed by atoms with van der Waals surface area (Å²) in [6.45, 7) is 4.56. The van der Waals surface area contributed by atoms with Crippen molar-refractivity contribution in [2.75, 3.05) is 6.61 Å². The third-order valence-electron chi connectivity index (χ3n) is 2.91. The van der Waals surface area contributed by atoms with Crippen molar-refractivity contribution in [1.82, 2.24) is 9.78 Å². The van der Waals surface area contributed by atoms with E-state index < -0.39 is 0 Å². The van der Waals surface area contributed by atoms with Crippen LogP contribution < -0.4 is 10.5 Å². The Bertz CT molecular complexity index is 534. The van der Waals surface area contributed by atoms with Gasteiger partial charge in [-0.3, -0.25) is 4.68 Å². The first kappa shape index (κ1) is 12.6. The molecule has 0 aliphatic carbocycles. The lowest BCUT2D eigenvalue weighted by atomic mass is 10.0. The molecule has 96 valence electrons. The number of ether oxygens (including phenoxy) is 1. The molecule has 1 unspecified atom stereocenters. The summed E-state index contributed by atoms with van der Waals surface area (Å²) in [5, 5.41) is 4.33. The Labute approximate surface area is 107 Å². The van der Waals surface area contributed by atoms with Crippen molar-refractivity contribution in [3.05, 3.63) is 47.3 Å². The number of aromatic nitrogens is 2. The molecule has 1 atom stereocenters. The average Bonchev–Trinajstić information content (AvgIpc) is 2.69. The highest BCUT2D eigenvalue weighted by Crippen LogP contribution is 2.28. The standard InChI is InChI=1S/C14H19N3O/c1-4-18-13-8-6-5-7-11(13)14(15)12-9-10(2)16-17(12)3/h5-9,14H,4,15H2,1-3H3. The maximum atomic E-state index is 6.32. The summed E-state index contributed by atoms with van der Waals surface area (Å²) in [6, 6.07) is 9.66. The minimum absolute atomic E-state index is 0.223. The summed E-state index contributed by atoms with van der Waals surface area (Å²) in [7, 11) is 1.91. The van der Waals surface area contributed by atoms with Gasteiger partial charge in [0.1, 0.15) is 5.75 Å². The molecule has 2 aromatic rings. The lowest BCUT2D eigenvalue weighted by molar-refractivity contribution is 0.335. The van der Waals surface area contributed by atoms with Crippen LogP contribution in [0.2, 0.25) is 0 Å². The molecular weight excluding hydrogens is 226 g/mol. The van der Waals surface area contributed by atoms with E-state index in [1.54, 1.807) is 0 Å². The zero-order chi connectivity index (χ0) is 13.1. The van der Waals surface area contributed by atoms with Gasteiger partial charge in [-0.2, -0.15) is 5.10 Å². The van der Waals surface area contributed by atoms with E-state index >= 15 is 0 Å². The number of para-hydroxylation sites is 1. The molecule has 0 saturated heterocycles. The second-order valence-electron chi connectivity index (χ2n) is 4.28. The molecule has 0 saturated carbocycles. The summed E-state index contributed by atoms with van der Waals surface area (Å²) in [4.78, 5) is 0. The topological polar surface area (TPSA) is 53.1 Å². The minimum atomic E-state index is -0.223. The highest BCUT2D eigenvalue weighted by atomic mass is 16.5. The largest absolute Gasteiger partial charge is 0.494 e. The molecule has 2 rings (SSSR count). The Morgan fingerprint density at radius 2 is 2.11 bits per heavy atom. The molecule has 0 aliphatic heterocycles. The van der Waals surface area contributed by atoms with Crippen molar-refractivity contribution >= 4 is 0 Å². The number of benzene rings is 1. The van der Waals surface area contributed by atoms with E-state index in [1.165, 1.54) is 0 Å². The molecule has 1 aromatic heterocycles. The van der Waals surface area contributed by atoms with Gasteiger partial charge in [0.15, 0.2) is 0 Å². The minimum Gasteiger partial charge on any atom is -0.494 e. The van der Waals surface area contributed by atoms with Gasteiger partial charge in [0, 0.05) is 12.6 Å². The van der Waals surface area contributed by atoms with E-state index in [-0.39, 0.29) is 6.04 Å². The quantitative estimate of drug-likeness (QED) is 0.898. The molecular formula is C14H19N3O. The SMILES string of the molecule is CCOc1ccccc1C(N)c1cc(C)nn1C. The average molecular weight is 245 g/mol. The van der Waals surface area contributed by atoms with E-state index in [9.17, 15) is 0 Å². The van der Waals surface area contributed by atoms with E-state index in [0.29, 0.717) is 6.61 Å². The number of aryl methyl sites for hydroxylation is 2. The van der Waals surface area contributed by atoms with Crippen LogP contribution in [0.4, 0.5) is 0 Å². The molecule has 4 nitrogen and oxygen atoms in total. The summed E-state index contributed by atoms with van der Waals surface area (Å²) in [5.74, 6) is 0.839. The van der Waals surface area contributed by atoms with Crippen LogP contribution in [0, 0.1) is 6.92 Å². The molecule has 1 aromatic carbocycles. The Hall–Kier alpha value is -1.81. The summed E-state index contributed by atoms with van der Waals surface area (Å²) in [6.07, 6.45) is 0. The van der Waals surface area contributed by atoms with Crippen LogP contribution in [0.25, 0.3) is 0 Å². The van der Waals surface area contributed by atoms with Gasteiger partial charge in [-0.05, 0) is 26.0 Å². The number of hydrogen-bond donors (Lipinski definition) is 1. The van der Waals surface area contributed by atoms with Gasteiger partial charge in [0.2, 0.25) is 0 Å². The fourth-order valence-corrected chi connectivity index (χ4v) is 2.11. The van der Waals surface area contributed by atoms with Crippen molar-refractivity contribution < 1.29 is 4.74 Å². The number of hydrogen-bond acceptors (Lipinski definition) is 3. The maximum absolute atomic E-state index is 6.32. The van der Waals surface area contributed by atoms with Gasteiger partial charge < -0.3 is 10.5 Å². The van der Waals surface area contributed by atoms with Gasteiger partial charge >= 0.3 is 0 Å². The highest BCUT2D eigenvalue weighted by Gasteiger charge is 2.17. The van der Waals surface area contributed by atoms with Crippen molar-refractivity contribution in [3.8, 4) is 5.75 Å². The first-order valence-electron chi connectivity index (χ1n) is 6.11. The molecule has 0 fully saturated rings. The van der Waals surface area contributed by atoms with Gasteiger partial charge in [-0.25, -0.2) is 0 Å². The van der Waals surface area contributed by atoms with Crippen LogP contribution in [0.5, 0.6) is 5.75 Å². The predicted octanol–water partition coefficient (Wildman–Crippen LogP) is 2.18. The summed E-state index contributed by atoms with van der Waals surface area (Å²) in [5.41, 5.74) is 9.26. The van der Waals surface area contributed by atoms with Gasteiger partial charge in [0.05, 0.1) is 24.0 Å². The molecule has 0 bridgehead atoms. The first-order valence-corrected chi connectivity index (χ1v) is 6.11. The van der Waals surface area contributed by atoms with Crippen LogP contribution in [-0.4, -0.2) is 16.4 Å². The lowest BCUT2D eigenvalue weighted by Gasteiger charge is -2.16. The summed E-state index contributed by atoms with van der Waals surface area (Å²) >= 11 is 0. The van der Waals surface area contributed by atoms with Crippen molar-refractivity contribution in [1.29, 1.82) is 0 Å². The van der Waals surface area contributed by atoms with Crippen molar-refractivity contribution in [2.24, 2.45) is 12.8 Å². The second kappa shape index (κ2) is 5.23. The van der Waals surface area contributed by atoms with Crippen molar-refractivity contribution in [3.63, 3.8) is 0 Å². The third-order valence-corrected chi connectivity index (χ3v) is 2.91. The number of nitrogens with zero attached hydrogens (tertiary/aromatic N) is 2. The Morgan fingerprint density at radius 3 is 2.72 bits per heavy atom. The van der Waals surface area contributed by atoms with Crippen LogP contribution in [0.1, 0.15) is 29.9 Å². The smallest absolute Gasteiger partial charge is 0.124 e. The van der Waals surface area contributed by atoms with E-state index in [1.807, 2.05) is 55.9 Å². The second-order valence-corrected chi connectivity index (χ2v) is 4.28. The molecule has 2 N–H and O–H groups in total. The van der Waals surface area contributed by atoms with Crippen LogP contribution in [0.15, 0.2) is 30.3 Å². The van der Waals surface area contributed by atoms with Gasteiger partial charge in [-0.15, -0.1) is 0 Å². The number of nitrogens with two attached hydrogens (primary N) is 1. The molecule has 0 aliphatic rings. The van der Waals surface area contributed by atoms with Gasteiger partial charge in [-0.1, -0.05) is 18.2 Å². The normalized spacial score (nSPS) is 12.4. The molecule has 0 radical (unpaired) electrons. The maximum Gasteiger partial charge on any atom is 0.124 e. The highest BCUT2D eigenvalue weighted by molar-refractivity contribution is 5.40. The molecule has 0 spiro atoms. The zero-order valence-corrected chi connectivity index (χ0v) is 11.1. The van der Waals surface area contributed by atoms with E-state index in [0.717, 1.165) is 22.7 Å². The van der Waals surface area contributed by atoms with Crippen LogP contribution in [-0.2, 0) is 7.05 Å². The fraction of sp³-hybridized carbons (Fsp3) is 0.357. The van der Waals surface area contributed by atoms with E-state index in [2.05, 4.69) is 5.10 Å². The Balaban J connectivity index is 2.39. The summed E-state index contributed by atoms with van der Waals surface area (Å²) < 4.78 is 7.44. The van der Waals surface area contributed by atoms with Gasteiger partial charge in [0.25, 0.3) is 0 Å². The first-order chi connectivity index (χ1) is 8.63. The molecule has 0 amide bonds. The predicted molar refractivity (Wildman–Crippen MR) is 71.6 cm³/mol. The Kier molecular flexibility index (Phi) is 3.67. The van der Waals surface area contributed by atoms with Crippen LogP contribution in [0.3, 0.4) is 0 Å². The van der Waals surface area contributed by atoms with Crippen LogP contribution >= 0.6 is 0 Å². The Morgan fingerprint density at radius 1 is 1.39 bits per heavy atom. The lowest BCUT2D eigenvalue weighted by Crippen LogP contribution is -2.17.